The van der Waals surface area contributed by atoms with Crippen molar-refractivity contribution in [2.24, 2.45) is 5.73 Å². The molecule has 4 rings (SSSR count). The largest absolute Gasteiger partial charge is 0.324 e. The van der Waals surface area contributed by atoms with Gasteiger partial charge in [-0.1, -0.05) is 24.3 Å². The van der Waals surface area contributed by atoms with Crippen LogP contribution < -0.4 is 10.5 Å². The van der Waals surface area contributed by atoms with E-state index >= 15 is 0 Å². The second-order valence-corrected chi connectivity index (χ2v) is 10.7. The summed E-state index contributed by atoms with van der Waals surface area (Å²) in [4.78, 5) is 0. The highest BCUT2D eigenvalue weighted by atomic mass is 32.2. The lowest BCUT2D eigenvalue weighted by Gasteiger charge is -2.22. The SMILES string of the molecule is CC(C)(C)[S@@](=O)N[C@@H]1CCc2c(C#N)cccc21.N#Cc1cccc2c1CC[C@H]2N. The first-order valence-electron chi connectivity index (χ1n) is 10.2. The van der Waals surface area contributed by atoms with Crippen molar-refractivity contribution < 1.29 is 4.21 Å². The zero-order chi connectivity index (χ0) is 21.9. The normalized spacial score (nSPS) is 20.2. The number of nitrogens with zero attached hydrogens (tertiary/aromatic N) is 2. The van der Waals surface area contributed by atoms with E-state index in [2.05, 4.69) is 16.9 Å². The van der Waals surface area contributed by atoms with Gasteiger partial charge in [-0.15, -0.1) is 0 Å². The van der Waals surface area contributed by atoms with Crippen molar-refractivity contribution in [1.82, 2.24) is 4.72 Å². The summed E-state index contributed by atoms with van der Waals surface area (Å²) in [6, 6.07) is 16.2. The molecule has 0 aromatic heterocycles. The van der Waals surface area contributed by atoms with Gasteiger partial charge in [-0.3, -0.25) is 0 Å². The summed E-state index contributed by atoms with van der Waals surface area (Å²) < 4.78 is 15.0. The molecule has 2 aromatic carbocycles. The van der Waals surface area contributed by atoms with Gasteiger partial charge in [0.25, 0.3) is 0 Å². The van der Waals surface area contributed by atoms with Crippen LogP contribution in [0, 0.1) is 22.7 Å². The predicted molar refractivity (Wildman–Crippen MR) is 120 cm³/mol. The second-order valence-electron chi connectivity index (χ2n) is 8.71. The monoisotopic (exact) mass is 420 g/mol. The Labute approximate surface area is 181 Å². The van der Waals surface area contributed by atoms with E-state index in [1.165, 1.54) is 0 Å². The Morgan fingerprint density at radius 3 is 2.07 bits per heavy atom. The summed E-state index contributed by atoms with van der Waals surface area (Å²) in [5.74, 6) is 0. The van der Waals surface area contributed by atoms with Crippen molar-refractivity contribution in [3.8, 4) is 12.1 Å². The highest BCUT2D eigenvalue weighted by Crippen LogP contribution is 2.34. The standard InChI is InChI=1S/C14H18N2OS.C10H10N2/c1-14(2,3)18(17)16-13-8-7-11-10(9-15)5-4-6-12(11)13;11-6-7-2-1-3-9-8(7)4-5-10(9)12/h4-6,13,16H,7-8H2,1-3H3;1-3,10H,4-5,12H2/t13-,18-;10-/m11/s1. The third kappa shape index (κ3) is 4.63. The maximum absolute atomic E-state index is 12.1. The lowest BCUT2D eigenvalue weighted by atomic mass is 10.0. The zero-order valence-corrected chi connectivity index (χ0v) is 18.6. The molecule has 2 aliphatic rings. The maximum Gasteiger partial charge on any atom is 0.0994 e. The van der Waals surface area contributed by atoms with Crippen LogP contribution in [0.2, 0.25) is 0 Å². The molecule has 0 unspecified atom stereocenters. The van der Waals surface area contributed by atoms with Crippen LogP contribution in [-0.4, -0.2) is 8.96 Å². The zero-order valence-electron chi connectivity index (χ0n) is 17.7. The molecule has 30 heavy (non-hydrogen) atoms. The van der Waals surface area contributed by atoms with Gasteiger partial charge in [-0.25, -0.2) is 8.93 Å². The average Bonchev–Trinajstić information content (AvgIpc) is 3.31. The quantitative estimate of drug-likeness (QED) is 0.763. The van der Waals surface area contributed by atoms with Gasteiger partial charge in [0.15, 0.2) is 0 Å². The number of benzene rings is 2. The highest BCUT2D eigenvalue weighted by Gasteiger charge is 2.29. The summed E-state index contributed by atoms with van der Waals surface area (Å²) in [5, 5.41) is 17.9. The topological polar surface area (TPSA) is 103 Å². The molecule has 0 amide bonds. The number of hydrogen-bond donors (Lipinski definition) is 2. The first kappa shape index (κ1) is 22.2. The molecule has 3 atom stereocenters. The lowest BCUT2D eigenvalue weighted by molar-refractivity contribution is 0.596. The van der Waals surface area contributed by atoms with Crippen LogP contribution in [0.4, 0.5) is 0 Å². The number of hydrogen-bond acceptors (Lipinski definition) is 4. The smallest absolute Gasteiger partial charge is 0.0994 e. The van der Waals surface area contributed by atoms with Crippen molar-refractivity contribution >= 4 is 11.0 Å². The van der Waals surface area contributed by atoms with Gasteiger partial charge in [0.05, 0.1) is 39.0 Å². The lowest BCUT2D eigenvalue weighted by Crippen LogP contribution is -2.35. The third-order valence-electron chi connectivity index (χ3n) is 5.63. The Hall–Kier alpha value is -2.51. The summed E-state index contributed by atoms with van der Waals surface area (Å²) in [5.41, 5.74) is 12.0. The second kappa shape index (κ2) is 9.10. The fourth-order valence-electron chi connectivity index (χ4n) is 3.98. The highest BCUT2D eigenvalue weighted by molar-refractivity contribution is 7.84. The molecule has 2 aromatic rings. The molecule has 3 N–H and O–H groups in total. The van der Waals surface area contributed by atoms with Gasteiger partial charge in [-0.2, -0.15) is 10.5 Å². The van der Waals surface area contributed by atoms with Crippen LogP contribution in [0.3, 0.4) is 0 Å². The van der Waals surface area contributed by atoms with Gasteiger partial charge in [0.1, 0.15) is 0 Å². The molecule has 6 heteroatoms. The molecule has 0 spiro atoms. The molecular formula is C24H28N4OS. The first-order valence-corrected chi connectivity index (χ1v) is 11.4. The van der Waals surface area contributed by atoms with Gasteiger partial charge in [0.2, 0.25) is 0 Å². The summed E-state index contributed by atoms with van der Waals surface area (Å²) in [7, 11) is -1.08. The molecule has 5 nitrogen and oxygen atoms in total. The first-order chi connectivity index (χ1) is 14.3. The molecule has 0 radical (unpaired) electrons. The molecule has 0 aliphatic heterocycles. The van der Waals surface area contributed by atoms with E-state index in [9.17, 15) is 4.21 Å². The fraction of sp³-hybridized carbons (Fsp3) is 0.417. The summed E-state index contributed by atoms with van der Waals surface area (Å²) in [6.45, 7) is 5.87. The average molecular weight is 421 g/mol. The minimum atomic E-state index is -1.08. The Balaban J connectivity index is 0.000000184. The number of fused-ring (bicyclic) bond motifs is 2. The third-order valence-corrected chi connectivity index (χ3v) is 7.25. The van der Waals surface area contributed by atoms with Crippen molar-refractivity contribution in [2.45, 2.75) is 63.3 Å². The Bertz CT molecular complexity index is 1040. The molecule has 0 fully saturated rings. The summed E-state index contributed by atoms with van der Waals surface area (Å²) in [6.07, 6.45) is 3.74. The van der Waals surface area contributed by atoms with E-state index in [1.807, 2.05) is 57.2 Å². The fourth-order valence-corrected chi connectivity index (χ4v) is 4.84. The van der Waals surface area contributed by atoms with Gasteiger partial charge in [-0.05, 0) is 80.8 Å². The molecule has 0 bridgehead atoms. The van der Waals surface area contributed by atoms with Crippen molar-refractivity contribution in [1.29, 1.82) is 10.5 Å². The molecule has 0 saturated carbocycles. The number of nitrogens with one attached hydrogen (secondary N) is 1. The van der Waals surface area contributed by atoms with Gasteiger partial charge < -0.3 is 5.73 Å². The van der Waals surface area contributed by atoms with E-state index in [-0.39, 0.29) is 16.8 Å². The van der Waals surface area contributed by atoms with Crippen LogP contribution >= 0.6 is 0 Å². The Morgan fingerprint density at radius 1 is 0.967 bits per heavy atom. The van der Waals surface area contributed by atoms with Crippen LogP contribution in [0.1, 0.15) is 79.1 Å². The van der Waals surface area contributed by atoms with E-state index < -0.39 is 11.0 Å². The number of nitrogens with two attached hydrogens (primary N) is 1. The van der Waals surface area contributed by atoms with E-state index in [1.54, 1.807) is 0 Å². The molecule has 0 heterocycles. The van der Waals surface area contributed by atoms with Crippen LogP contribution in [0.15, 0.2) is 36.4 Å². The van der Waals surface area contributed by atoms with E-state index in [0.29, 0.717) is 0 Å². The van der Waals surface area contributed by atoms with Crippen LogP contribution in [-0.2, 0) is 23.8 Å². The Kier molecular flexibility index (Phi) is 6.73. The van der Waals surface area contributed by atoms with E-state index in [4.69, 9.17) is 16.3 Å². The van der Waals surface area contributed by atoms with Crippen molar-refractivity contribution in [3.05, 3.63) is 69.8 Å². The number of rotatable bonds is 2. The van der Waals surface area contributed by atoms with Crippen LogP contribution in [0.5, 0.6) is 0 Å². The molecule has 2 aliphatic carbocycles. The number of nitriles is 2. The van der Waals surface area contributed by atoms with Crippen LogP contribution in [0.25, 0.3) is 0 Å². The predicted octanol–water partition coefficient (Wildman–Crippen LogP) is 4.10. The molecular weight excluding hydrogens is 392 g/mol. The molecule has 0 saturated heterocycles. The van der Waals surface area contributed by atoms with Gasteiger partial charge >= 0.3 is 0 Å². The Morgan fingerprint density at radius 2 is 1.50 bits per heavy atom. The minimum Gasteiger partial charge on any atom is -0.324 e. The van der Waals surface area contributed by atoms with E-state index in [0.717, 1.165) is 59.1 Å². The maximum atomic E-state index is 12.1. The van der Waals surface area contributed by atoms with Crippen molar-refractivity contribution in [2.75, 3.05) is 0 Å². The van der Waals surface area contributed by atoms with Crippen molar-refractivity contribution in [3.63, 3.8) is 0 Å². The van der Waals surface area contributed by atoms with Gasteiger partial charge in [0, 0.05) is 12.1 Å². The minimum absolute atomic E-state index is 0.105. The molecule has 156 valence electrons. The summed E-state index contributed by atoms with van der Waals surface area (Å²) >= 11 is 0.